The van der Waals surface area contributed by atoms with Gasteiger partial charge in [-0.3, -0.25) is 4.79 Å². The van der Waals surface area contributed by atoms with Crippen molar-refractivity contribution in [1.29, 1.82) is 0 Å². The van der Waals surface area contributed by atoms with Crippen LogP contribution in [0.25, 0.3) is 0 Å². The van der Waals surface area contributed by atoms with Crippen molar-refractivity contribution in [2.75, 3.05) is 5.32 Å². The van der Waals surface area contributed by atoms with Crippen LogP contribution < -0.4 is 5.32 Å². The molecule has 3 nitrogen and oxygen atoms in total. The molecule has 14 heavy (non-hydrogen) atoms. The fourth-order valence-corrected chi connectivity index (χ4v) is 1.86. The monoisotopic (exact) mass is 191 g/mol. The first kappa shape index (κ1) is 9.06. The summed E-state index contributed by atoms with van der Waals surface area (Å²) in [6.45, 7) is 0. The molecule has 0 amide bonds. The maximum absolute atomic E-state index is 10.5. The Morgan fingerprint density at radius 1 is 1.50 bits per heavy atom. The molecule has 0 saturated carbocycles. The molecule has 2 rings (SSSR count). The predicted octanol–water partition coefficient (Wildman–Crippen LogP) is 1.89. The number of aryl methyl sites for hydroxylation is 1. The van der Waals surface area contributed by atoms with Crippen LogP contribution in [0.4, 0.5) is 5.69 Å². The Labute approximate surface area is 82.8 Å². The fourth-order valence-electron chi connectivity index (χ4n) is 1.86. The van der Waals surface area contributed by atoms with Crippen molar-refractivity contribution in [2.45, 2.75) is 25.3 Å². The van der Waals surface area contributed by atoms with Gasteiger partial charge < -0.3 is 10.4 Å². The van der Waals surface area contributed by atoms with Crippen molar-refractivity contribution in [3.8, 4) is 0 Å². The summed E-state index contributed by atoms with van der Waals surface area (Å²) >= 11 is 0. The summed E-state index contributed by atoms with van der Waals surface area (Å²) in [5.41, 5.74) is 2.37. The summed E-state index contributed by atoms with van der Waals surface area (Å²) < 4.78 is 0. The van der Waals surface area contributed by atoms with Crippen molar-refractivity contribution in [3.05, 3.63) is 29.8 Å². The number of nitrogens with one attached hydrogen (secondary N) is 1. The van der Waals surface area contributed by atoms with Crippen LogP contribution in [0.15, 0.2) is 24.3 Å². The molecule has 0 radical (unpaired) electrons. The number of hydrogen-bond acceptors (Lipinski definition) is 2. The highest BCUT2D eigenvalue weighted by molar-refractivity contribution is 5.69. The fraction of sp³-hybridized carbons (Fsp3) is 0.364. The van der Waals surface area contributed by atoms with Gasteiger partial charge in [-0.1, -0.05) is 18.2 Å². The number of rotatable bonds is 2. The molecule has 1 aromatic carbocycles. The molecule has 0 bridgehead atoms. The van der Waals surface area contributed by atoms with Crippen LogP contribution in [0.2, 0.25) is 0 Å². The van der Waals surface area contributed by atoms with Crippen molar-refractivity contribution in [2.24, 2.45) is 0 Å². The van der Waals surface area contributed by atoms with Gasteiger partial charge in [0.15, 0.2) is 0 Å². The molecular weight excluding hydrogens is 178 g/mol. The molecule has 0 aromatic heterocycles. The molecule has 1 atom stereocenters. The summed E-state index contributed by atoms with van der Waals surface area (Å²) in [6, 6.07) is 8.15. The highest BCUT2D eigenvalue weighted by Crippen LogP contribution is 2.25. The lowest BCUT2D eigenvalue weighted by atomic mass is 9.96. The van der Waals surface area contributed by atoms with Crippen molar-refractivity contribution >= 4 is 11.7 Å². The number of carboxylic acid groups (broad SMARTS) is 1. The van der Waals surface area contributed by atoms with E-state index in [9.17, 15) is 4.79 Å². The zero-order valence-corrected chi connectivity index (χ0v) is 7.86. The largest absolute Gasteiger partial charge is 0.481 e. The van der Waals surface area contributed by atoms with E-state index in [1.54, 1.807) is 0 Å². The first-order valence-electron chi connectivity index (χ1n) is 4.82. The SMILES string of the molecule is O=C(O)C[C@@H]1CCc2ccccc2N1. The molecule has 1 heterocycles. The van der Waals surface area contributed by atoms with Crippen LogP contribution in [-0.2, 0) is 11.2 Å². The van der Waals surface area contributed by atoms with E-state index in [0.717, 1.165) is 18.5 Å². The van der Waals surface area contributed by atoms with E-state index < -0.39 is 5.97 Å². The van der Waals surface area contributed by atoms with E-state index in [4.69, 9.17) is 5.11 Å². The molecule has 2 N–H and O–H groups in total. The van der Waals surface area contributed by atoms with Crippen LogP contribution in [-0.4, -0.2) is 17.1 Å². The Kier molecular flexibility index (Phi) is 2.39. The minimum atomic E-state index is -0.734. The van der Waals surface area contributed by atoms with Crippen molar-refractivity contribution in [1.82, 2.24) is 0 Å². The van der Waals surface area contributed by atoms with Crippen LogP contribution in [0, 0.1) is 0 Å². The van der Waals surface area contributed by atoms with Gasteiger partial charge in [-0.05, 0) is 24.5 Å². The topological polar surface area (TPSA) is 49.3 Å². The van der Waals surface area contributed by atoms with Crippen molar-refractivity contribution in [3.63, 3.8) is 0 Å². The number of anilines is 1. The maximum Gasteiger partial charge on any atom is 0.305 e. The van der Waals surface area contributed by atoms with Crippen LogP contribution in [0.1, 0.15) is 18.4 Å². The molecule has 1 aliphatic rings. The van der Waals surface area contributed by atoms with Crippen LogP contribution in [0.3, 0.4) is 0 Å². The normalized spacial score (nSPS) is 19.6. The lowest BCUT2D eigenvalue weighted by Gasteiger charge is -2.25. The molecule has 0 aliphatic carbocycles. The van der Waals surface area contributed by atoms with Gasteiger partial charge in [0.1, 0.15) is 0 Å². The number of fused-ring (bicyclic) bond motifs is 1. The third-order valence-corrected chi connectivity index (χ3v) is 2.56. The molecule has 0 spiro atoms. The first-order valence-corrected chi connectivity index (χ1v) is 4.82. The summed E-state index contributed by atoms with van der Waals surface area (Å²) in [5, 5.41) is 11.9. The second kappa shape index (κ2) is 3.70. The van der Waals surface area contributed by atoms with Gasteiger partial charge in [0, 0.05) is 11.7 Å². The van der Waals surface area contributed by atoms with Crippen molar-refractivity contribution < 1.29 is 9.90 Å². The Hall–Kier alpha value is -1.51. The average Bonchev–Trinajstić information content (AvgIpc) is 2.17. The molecule has 0 fully saturated rings. The number of aliphatic carboxylic acids is 1. The number of carboxylic acids is 1. The van der Waals surface area contributed by atoms with E-state index in [-0.39, 0.29) is 12.5 Å². The molecule has 0 saturated heterocycles. The summed E-state index contributed by atoms with van der Waals surface area (Å²) in [5.74, 6) is -0.734. The summed E-state index contributed by atoms with van der Waals surface area (Å²) in [4.78, 5) is 10.5. The molecule has 1 aliphatic heterocycles. The second-order valence-electron chi connectivity index (χ2n) is 3.63. The van der Waals surface area contributed by atoms with E-state index in [1.807, 2.05) is 18.2 Å². The van der Waals surface area contributed by atoms with E-state index in [2.05, 4.69) is 11.4 Å². The van der Waals surface area contributed by atoms with E-state index in [1.165, 1.54) is 5.56 Å². The van der Waals surface area contributed by atoms with Crippen LogP contribution in [0.5, 0.6) is 0 Å². The minimum Gasteiger partial charge on any atom is -0.481 e. The molecule has 0 unspecified atom stereocenters. The Balaban J connectivity index is 2.09. The highest BCUT2D eigenvalue weighted by Gasteiger charge is 2.18. The number of para-hydroxylation sites is 1. The van der Waals surface area contributed by atoms with Crippen LogP contribution >= 0.6 is 0 Å². The smallest absolute Gasteiger partial charge is 0.305 e. The quantitative estimate of drug-likeness (QED) is 0.750. The van der Waals surface area contributed by atoms with E-state index in [0.29, 0.717) is 0 Å². The molecular formula is C11H13NO2. The molecule has 3 heteroatoms. The van der Waals surface area contributed by atoms with Gasteiger partial charge in [-0.15, -0.1) is 0 Å². The summed E-state index contributed by atoms with van der Waals surface area (Å²) in [7, 11) is 0. The Morgan fingerprint density at radius 3 is 3.07 bits per heavy atom. The van der Waals surface area contributed by atoms with Gasteiger partial charge in [0.2, 0.25) is 0 Å². The van der Waals surface area contributed by atoms with Gasteiger partial charge in [0.25, 0.3) is 0 Å². The van der Waals surface area contributed by atoms with Gasteiger partial charge in [-0.25, -0.2) is 0 Å². The lowest BCUT2D eigenvalue weighted by molar-refractivity contribution is -0.137. The van der Waals surface area contributed by atoms with Gasteiger partial charge in [0.05, 0.1) is 6.42 Å². The number of carbonyl (C=O) groups is 1. The zero-order valence-electron chi connectivity index (χ0n) is 7.86. The maximum atomic E-state index is 10.5. The lowest BCUT2D eigenvalue weighted by Crippen LogP contribution is -2.27. The zero-order chi connectivity index (χ0) is 9.97. The number of hydrogen-bond donors (Lipinski definition) is 2. The van der Waals surface area contributed by atoms with E-state index >= 15 is 0 Å². The van der Waals surface area contributed by atoms with Gasteiger partial charge >= 0.3 is 5.97 Å². The Morgan fingerprint density at radius 2 is 2.29 bits per heavy atom. The predicted molar refractivity (Wildman–Crippen MR) is 54.4 cm³/mol. The average molecular weight is 191 g/mol. The highest BCUT2D eigenvalue weighted by atomic mass is 16.4. The number of benzene rings is 1. The third-order valence-electron chi connectivity index (χ3n) is 2.56. The summed E-state index contributed by atoms with van der Waals surface area (Å²) in [6.07, 6.45) is 2.08. The second-order valence-corrected chi connectivity index (χ2v) is 3.63. The molecule has 1 aromatic rings. The standard InChI is InChI=1S/C11H13NO2/c13-11(14)7-9-6-5-8-3-1-2-4-10(8)12-9/h1-4,9,12H,5-7H2,(H,13,14)/t9-/m0/s1. The Bertz CT molecular complexity index is 349. The third kappa shape index (κ3) is 1.87. The molecule has 74 valence electrons. The van der Waals surface area contributed by atoms with Gasteiger partial charge in [-0.2, -0.15) is 0 Å². The first-order chi connectivity index (χ1) is 6.75. The minimum absolute atomic E-state index is 0.0856.